The van der Waals surface area contributed by atoms with Crippen molar-refractivity contribution in [2.75, 3.05) is 14.2 Å². The molecule has 0 N–H and O–H groups in total. The van der Waals surface area contributed by atoms with E-state index in [0.717, 1.165) is 43.9 Å². The summed E-state index contributed by atoms with van der Waals surface area (Å²) in [5.41, 5.74) is -1.04. The van der Waals surface area contributed by atoms with Crippen molar-refractivity contribution in [2.45, 2.75) is 25.9 Å². The second-order valence-corrected chi connectivity index (χ2v) is 18.0. The van der Waals surface area contributed by atoms with E-state index in [1.807, 2.05) is 18.2 Å². The lowest BCUT2D eigenvalue weighted by Gasteiger charge is -2.12. The van der Waals surface area contributed by atoms with E-state index in [4.69, 9.17) is 66.4 Å². The zero-order chi connectivity index (χ0) is 48.6. The summed E-state index contributed by atoms with van der Waals surface area (Å²) in [6.07, 6.45) is 4.16. The Balaban J connectivity index is 0.000000184. The van der Waals surface area contributed by atoms with Crippen LogP contribution in [-0.2, 0) is 13.1 Å². The number of aryl methyl sites for hydroxylation is 2. The molecule has 23 heteroatoms. The zero-order valence-corrected chi connectivity index (χ0v) is 39.5. The molecule has 0 radical (unpaired) electrons. The number of aromatic nitrogens is 7. The van der Waals surface area contributed by atoms with E-state index >= 15 is 0 Å². The molecule has 0 fully saturated rings. The molecule has 0 saturated heterocycles. The minimum Gasteiger partial charge on any atom is -0.494 e. The first-order valence-electron chi connectivity index (χ1n) is 19.6. The number of hydrogen-bond acceptors (Lipinski definition) is 13. The highest BCUT2D eigenvalue weighted by Crippen LogP contribution is 2.41. The molecule has 0 aliphatic heterocycles. The molecular formula is C45H27Cl4F2N9O6S2. The van der Waals surface area contributed by atoms with Crippen molar-refractivity contribution in [2.24, 2.45) is 0 Å². The van der Waals surface area contributed by atoms with Crippen molar-refractivity contribution >= 4 is 100 Å². The SMILES string of the molecule is COc1cc(-c2cc3c(s2)c(=O)n(-c2cncc(Cl)c2Cl)c(=O)n3CCC#N)c(Cl)cc1F.COc1cc(-c2cc3c(s2)c(=O)n(-c2nncc4ccccc24)c(=O)n3CCC#N)c(Cl)cc1F. The van der Waals surface area contributed by atoms with Crippen LogP contribution in [0, 0.1) is 34.3 Å². The van der Waals surface area contributed by atoms with Crippen LogP contribution in [0.2, 0.25) is 20.1 Å². The van der Waals surface area contributed by atoms with Gasteiger partial charge in [0.15, 0.2) is 29.0 Å². The van der Waals surface area contributed by atoms with Crippen LogP contribution in [-0.4, -0.2) is 47.7 Å². The Morgan fingerprint density at radius 3 is 1.72 bits per heavy atom. The largest absolute Gasteiger partial charge is 0.494 e. The number of nitrogens with zero attached hydrogens (tertiary/aromatic N) is 9. The predicted octanol–water partition coefficient (Wildman–Crippen LogP) is 9.84. The standard InChI is InChI=1S/C24H15ClFN5O3S.C21H12Cl3FN4O3S/c1-34-19-9-15(16(25)10-17(19)26)20-11-18-21(35-20)23(32)31(24(33)30(18)8-4-7-27)22-14-6-3-2-5-13(14)12-28-29-22;1-32-16-5-10(11(22)6-13(16)25)17-7-14-19(33-17)20(30)29(21(31)28(14)4-2-3-26)15-9-27-8-12(23)18(15)24/h2-3,5-6,9-12H,4,8H2,1H3;5-9H,2,4H2,1H3. The lowest BCUT2D eigenvalue weighted by atomic mass is 10.1. The maximum absolute atomic E-state index is 14.1. The molecule has 0 aliphatic carbocycles. The van der Waals surface area contributed by atoms with Crippen LogP contribution in [0.15, 0.2) is 98.4 Å². The number of methoxy groups -OCH3 is 2. The topological polar surface area (TPSA) is 193 Å². The van der Waals surface area contributed by atoms with E-state index in [0.29, 0.717) is 42.7 Å². The summed E-state index contributed by atoms with van der Waals surface area (Å²) >= 11 is 27.0. The van der Waals surface area contributed by atoms with Crippen molar-refractivity contribution in [3.8, 4) is 56.0 Å². The number of ether oxygens (including phenoxy) is 2. The van der Waals surface area contributed by atoms with Crippen molar-refractivity contribution < 1.29 is 18.3 Å². The maximum atomic E-state index is 14.1. The lowest BCUT2D eigenvalue weighted by molar-refractivity contribution is 0.387. The molecule has 0 bridgehead atoms. The molecule has 9 rings (SSSR count). The maximum Gasteiger partial charge on any atom is 0.337 e. The van der Waals surface area contributed by atoms with Gasteiger partial charge in [-0.2, -0.15) is 15.6 Å². The minimum absolute atomic E-state index is 0.00725. The van der Waals surface area contributed by atoms with Crippen LogP contribution in [0.1, 0.15) is 12.8 Å². The van der Waals surface area contributed by atoms with Gasteiger partial charge < -0.3 is 9.47 Å². The Bertz CT molecular complexity index is 3850. The zero-order valence-electron chi connectivity index (χ0n) is 34.9. The third-order valence-electron chi connectivity index (χ3n) is 10.4. The molecule has 342 valence electrons. The van der Waals surface area contributed by atoms with E-state index < -0.39 is 34.1 Å². The molecule has 0 unspecified atom stereocenters. The fourth-order valence-electron chi connectivity index (χ4n) is 7.21. The summed E-state index contributed by atoms with van der Waals surface area (Å²) in [5, 5.41) is 27.9. The van der Waals surface area contributed by atoms with Crippen molar-refractivity contribution in [3.05, 3.63) is 153 Å². The van der Waals surface area contributed by atoms with E-state index in [-0.39, 0.29) is 78.4 Å². The van der Waals surface area contributed by atoms with Crippen LogP contribution in [0.25, 0.3) is 63.6 Å². The summed E-state index contributed by atoms with van der Waals surface area (Å²) in [4.78, 5) is 58.9. The minimum atomic E-state index is -0.708. The second-order valence-electron chi connectivity index (χ2n) is 14.3. The third kappa shape index (κ3) is 8.60. The van der Waals surface area contributed by atoms with Gasteiger partial charge >= 0.3 is 11.4 Å². The highest BCUT2D eigenvalue weighted by atomic mass is 35.5. The number of thiophene rings is 2. The molecule has 0 amide bonds. The van der Waals surface area contributed by atoms with Gasteiger partial charge in [0.05, 0.1) is 88.4 Å². The summed E-state index contributed by atoms with van der Waals surface area (Å²) < 4.78 is 43.2. The quantitative estimate of drug-likeness (QED) is 0.127. The molecular weight excluding hydrogens is 1010 g/mol. The number of nitriles is 2. The Labute approximate surface area is 409 Å². The summed E-state index contributed by atoms with van der Waals surface area (Å²) in [5.74, 6) is -1.19. The van der Waals surface area contributed by atoms with Crippen molar-refractivity contribution in [3.63, 3.8) is 0 Å². The van der Waals surface area contributed by atoms with Crippen LogP contribution < -0.4 is 32.0 Å². The van der Waals surface area contributed by atoms with Gasteiger partial charge in [0.25, 0.3) is 11.1 Å². The van der Waals surface area contributed by atoms with Crippen LogP contribution in [0.3, 0.4) is 0 Å². The highest BCUT2D eigenvalue weighted by molar-refractivity contribution is 7.22. The van der Waals surface area contributed by atoms with Crippen LogP contribution >= 0.6 is 69.1 Å². The number of halogens is 6. The molecule has 6 aromatic heterocycles. The fourth-order valence-corrected chi connectivity index (χ4v) is 10.4. The van der Waals surface area contributed by atoms with E-state index in [1.165, 1.54) is 47.9 Å². The molecule has 0 spiro atoms. The Morgan fingerprint density at radius 2 is 1.19 bits per heavy atom. The van der Waals surface area contributed by atoms with Gasteiger partial charge in [0, 0.05) is 50.9 Å². The van der Waals surface area contributed by atoms with Gasteiger partial charge in [-0.1, -0.05) is 70.7 Å². The first kappa shape index (κ1) is 47.5. The number of hydrogen-bond donors (Lipinski definition) is 0. The van der Waals surface area contributed by atoms with Gasteiger partial charge in [0.2, 0.25) is 0 Å². The van der Waals surface area contributed by atoms with Gasteiger partial charge in [-0.3, -0.25) is 23.7 Å². The highest BCUT2D eigenvalue weighted by Gasteiger charge is 2.24. The van der Waals surface area contributed by atoms with Gasteiger partial charge in [-0.15, -0.1) is 27.8 Å². The summed E-state index contributed by atoms with van der Waals surface area (Å²) in [6.45, 7) is 0.0787. The van der Waals surface area contributed by atoms with E-state index in [2.05, 4.69) is 15.2 Å². The monoisotopic (exact) mass is 1030 g/mol. The number of fused-ring (bicyclic) bond motifs is 3. The van der Waals surface area contributed by atoms with Crippen molar-refractivity contribution in [1.82, 2.24) is 33.4 Å². The van der Waals surface area contributed by atoms with Gasteiger partial charge in [-0.05, 0) is 36.4 Å². The molecule has 9 aromatic rings. The lowest BCUT2D eigenvalue weighted by Crippen LogP contribution is -2.39. The third-order valence-corrected chi connectivity index (χ3v) is 14.1. The molecule has 3 aromatic carbocycles. The number of rotatable bonds is 10. The number of benzene rings is 3. The average molecular weight is 1030 g/mol. The number of pyridine rings is 1. The predicted molar refractivity (Wildman–Crippen MR) is 259 cm³/mol. The Kier molecular flexibility index (Phi) is 13.8. The Hall–Kier alpha value is -6.97. The summed E-state index contributed by atoms with van der Waals surface area (Å²) in [7, 11) is 2.66. The molecule has 68 heavy (non-hydrogen) atoms. The normalized spacial score (nSPS) is 11.1. The second kappa shape index (κ2) is 19.7. The Morgan fingerprint density at radius 1 is 0.676 bits per heavy atom. The fraction of sp³-hybridized carbons (Fsp3) is 0.133. The van der Waals surface area contributed by atoms with Gasteiger partial charge in [0.1, 0.15) is 9.40 Å². The van der Waals surface area contributed by atoms with Crippen LogP contribution in [0.5, 0.6) is 11.5 Å². The molecule has 6 heterocycles. The van der Waals surface area contributed by atoms with E-state index in [1.54, 1.807) is 36.5 Å². The smallest absolute Gasteiger partial charge is 0.337 e. The van der Waals surface area contributed by atoms with Crippen LogP contribution in [0.4, 0.5) is 8.78 Å². The molecule has 0 saturated carbocycles. The first-order chi connectivity index (χ1) is 32.7. The van der Waals surface area contributed by atoms with Crippen molar-refractivity contribution in [1.29, 1.82) is 10.5 Å². The molecule has 0 aliphatic rings. The molecule has 0 atom stereocenters. The van der Waals surface area contributed by atoms with E-state index in [9.17, 15) is 28.0 Å². The molecule has 15 nitrogen and oxygen atoms in total. The summed E-state index contributed by atoms with van der Waals surface area (Å²) in [6, 6.07) is 19.5. The average Bonchev–Trinajstić information content (AvgIpc) is 3.97. The first-order valence-corrected chi connectivity index (χ1v) is 22.8. The van der Waals surface area contributed by atoms with Gasteiger partial charge in [-0.25, -0.2) is 27.5 Å².